The molecule has 1 aliphatic carbocycles. The van der Waals surface area contributed by atoms with Gasteiger partial charge in [0.05, 0.1) is 6.42 Å². The van der Waals surface area contributed by atoms with E-state index in [4.69, 9.17) is 0 Å². The van der Waals surface area contributed by atoms with Crippen LogP contribution in [0.5, 0.6) is 0 Å². The molecule has 116 valence electrons. The van der Waals surface area contributed by atoms with Gasteiger partial charge < -0.3 is 10.6 Å². The fraction of sp³-hybridized carbons (Fsp3) is 0.611. The minimum atomic E-state index is 0.0582. The third-order valence-corrected chi connectivity index (χ3v) is 4.63. The van der Waals surface area contributed by atoms with Gasteiger partial charge in [0.2, 0.25) is 5.91 Å². The minimum Gasteiger partial charge on any atom is -0.382 e. The van der Waals surface area contributed by atoms with Crippen molar-refractivity contribution in [1.82, 2.24) is 5.32 Å². The molecule has 0 aromatic heterocycles. The van der Waals surface area contributed by atoms with Gasteiger partial charge in [-0.1, -0.05) is 38.8 Å². The van der Waals surface area contributed by atoms with Gasteiger partial charge in [0.1, 0.15) is 0 Å². The molecule has 1 amide bonds. The van der Waals surface area contributed by atoms with E-state index in [1.807, 2.05) is 12.1 Å². The summed E-state index contributed by atoms with van der Waals surface area (Å²) in [6.07, 6.45) is 5.75. The summed E-state index contributed by atoms with van der Waals surface area (Å²) in [5.41, 5.74) is 2.23. The van der Waals surface area contributed by atoms with Crippen molar-refractivity contribution in [2.75, 3.05) is 12.4 Å². The third-order valence-electron chi connectivity index (χ3n) is 4.63. The average molecular weight is 288 g/mol. The Labute approximate surface area is 128 Å². The average Bonchev–Trinajstić information content (AvgIpc) is 2.49. The first-order valence-electron chi connectivity index (χ1n) is 8.16. The molecule has 1 aromatic carbocycles. The van der Waals surface area contributed by atoms with Crippen molar-refractivity contribution in [1.29, 1.82) is 0 Å². The van der Waals surface area contributed by atoms with Gasteiger partial charge in [0.15, 0.2) is 0 Å². The molecule has 0 bridgehead atoms. The highest BCUT2D eigenvalue weighted by Crippen LogP contribution is 2.32. The van der Waals surface area contributed by atoms with Crippen LogP contribution in [0.15, 0.2) is 24.3 Å². The summed E-state index contributed by atoms with van der Waals surface area (Å²) in [4.78, 5) is 11.4. The van der Waals surface area contributed by atoms with Crippen molar-refractivity contribution >= 4 is 11.6 Å². The topological polar surface area (TPSA) is 41.1 Å². The highest BCUT2D eigenvalue weighted by atomic mass is 16.1. The zero-order valence-corrected chi connectivity index (χ0v) is 13.5. The maximum Gasteiger partial charge on any atom is 0.224 e. The second-order valence-corrected chi connectivity index (χ2v) is 6.49. The van der Waals surface area contributed by atoms with E-state index in [1.165, 1.54) is 31.4 Å². The number of benzene rings is 1. The number of amides is 1. The molecule has 0 aliphatic heterocycles. The number of anilines is 1. The summed E-state index contributed by atoms with van der Waals surface area (Å²) in [6, 6.07) is 8.88. The quantitative estimate of drug-likeness (QED) is 0.869. The smallest absolute Gasteiger partial charge is 0.224 e. The van der Waals surface area contributed by atoms with Crippen LogP contribution in [0.2, 0.25) is 0 Å². The standard InChI is InChI=1S/C18H28N2O/c1-13(2)16-6-4-5-7-17(16)20-15-10-8-14(9-11-15)12-18(21)19-3/h8-11,13,16-17,20H,4-7,12H2,1-3H3,(H,19,21). The van der Waals surface area contributed by atoms with Crippen LogP contribution in [0, 0.1) is 11.8 Å². The maximum absolute atomic E-state index is 11.4. The normalized spacial score (nSPS) is 22.1. The van der Waals surface area contributed by atoms with E-state index in [-0.39, 0.29) is 5.91 Å². The van der Waals surface area contributed by atoms with Crippen molar-refractivity contribution in [3.8, 4) is 0 Å². The van der Waals surface area contributed by atoms with Gasteiger partial charge >= 0.3 is 0 Å². The lowest BCUT2D eigenvalue weighted by molar-refractivity contribution is -0.119. The van der Waals surface area contributed by atoms with Crippen molar-refractivity contribution < 1.29 is 4.79 Å². The second-order valence-electron chi connectivity index (χ2n) is 6.49. The minimum absolute atomic E-state index is 0.0582. The Morgan fingerprint density at radius 3 is 2.48 bits per heavy atom. The van der Waals surface area contributed by atoms with Crippen molar-refractivity contribution in [3.05, 3.63) is 29.8 Å². The van der Waals surface area contributed by atoms with E-state index in [2.05, 4.69) is 36.6 Å². The molecule has 3 heteroatoms. The Bertz CT molecular complexity index is 453. The molecule has 0 heterocycles. The second kappa shape index (κ2) is 7.48. The van der Waals surface area contributed by atoms with Crippen LogP contribution in [0.3, 0.4) is 0 Å². The van der Waals surface area contributed by atoms with E-state index >= 15 is 0 Å². The van der Waals surface area contributed by atoms with Crippen LogP contribution in [0.1, 0.15) is 45.1 Å². The molecule has 2 N–H and O–H groups in total. The van der Waals surface area contributed by atoms with Gasteiger partial charge in [0, 0.05) is 18.8 Å². The molecule has 2 atom stereocenters. The third kappa shape index (κ3) is 4.48. The monoisotopic (exact) mass is 288 g/mol. The largest absolute Gasteiger partial charge is 0.382 e. The predicted molar refractivity (Wildman–Crippen MR) is 88.4 cm³/mol. The maximum atomic E-state index is 11.4. The van der Waals surface area contributed by atoms with E-state index in [0.717, 1.165) is 17.4 Å². The summed E-state index contributed by atoms with van der Waals surface area (Å²) in [5.74, 6) is 1.56. The summed E-state index contributed by atoms with van der Waals surface area (Å²) >= 11 is 0. The molecule has 2 rings (SSSR count). The van der Waals surface area contributed by atoms with Gasteiger partial charge in [-0.25, -0.2) is 0 Å². The lowest BCUT2D eigenvalue weighted by Gasteiger charge is -2.35. The summed E-state index contributed by atoms with van der Waals surface area (Å²) in [7, 11) is 1.67. The number of rotatable bonds is 5. The summed E-state index contributed by atoms with van der Waals surface area (Å²) in [5, 5.41) is 6.36. The van der Waals surface area contributed by atoms with Crippen LogP contribution < -0.4 is 10.6 Å². The van der Waals surface area contributed by atoms with E-state index < -0.39 is 0 Å². The number of nitrogens with one attached hydrogen (secondary N) is 2. The lowest BCUT2D eigenvalue weighted by atomic mass is 9.78. The first-order chi connectivity index (χ1) is 10.1. The molecule has 0 saturated heterocycles. The predicted octanol–water partition coefficient (Wildman–Crippen LogP) is 3.60. The molecule has 2 unspecified atom stereocenters. The van der Waals surface area contributed by atoms with E-state index in [0.29, 0.717) is 12.5 Å². The van der Waals surface area contributed by atoms with Crippen LogP contribution in [-0.4, -0.2) is 19.0 Å². The van der Waals surface area contributed by atoms with Crippen molar-refractivity contribution in [3.63, 3.8) is 0 Å². The Hall–Kier alpha value is -1.51. The van der Waals surface area contributed by atoms with Crippen LogP contribution in [0.4, 0.5) is 5.69 Å². The molecule has 0 radical (unpaired) electrons. The number of carbonyl (C=O) groups is 1. The molecule has 1 fully saturated rings. The molecule has 1 aliphatic rings. The van der Waals surface area contributed by atoms with Crippen molar-refractivity contribution in [2.45, 2.75) is 52.0 Å². The van der Waals surface area contributed by atoms with E-state index in [1.54, 1.807) is 7.05 Å². The Morgan fingerprint density at radius 2 is 1.86 bits per heavy atom. The molecule has 1 aromatic rings. The number of hydrogen-bond acceptors (Lipinski definition) is 2. The SMILES string of the molecule is CNC(=O)Cc1ccc(NC2CCCCC2C(C)C)cc1. The summed E-state index contributed by atoms with van der Waals surface area (Å²) < 4.78 is 0. The Kier molecular flexibility index (Phi) is 5.66. The molecular weight excluding hydrogens is 260 g/mol. The van der Waals surface area contributed by atoms with Gasteiger partial charge in [-0.2, -0.15) is 0 Å². The molecule has 21 heavy (non-hydrogen) atoms. The molecule has 0 spiro atoms. The van der Waals surface area contributed by atoms with Crippen LogP contribution in [-0.2, 0) is 11.2 Å². The fourth-order valence-electron chi connectivity index (χ4n) is 3.34. The molecule has 1 saturated carbocycles. The highest BCUT2D eigenvalue weighted by molar-refractivity contribution is 5.78. The van der Waals surface area contributed by atoms with E-state index in [9.17, 15) is 4.79 Å². The number of carbonyl (C=O) groups excluding carboxylic acids is 1. The molecule has 3 nitrogen and oxygen atoms in total. The number of hydrogen-bond donors (Lipinski definition) is 2. The van der Waals surface area contributed by atoms with Crippen molar-refractivity contribution in [2.24, 2.45) is 11.8 Å². The van der Waals surface area contributed by atoms with Gasteiger partial charge in [-0.3, -0.25) is 4.79 Å². The fourth-order valence-corrected chi connectivity index (χ4v) is 3.34. The first kappa shape index (κ1) is 15.9. The van der Waals surface area contributed by atoms with Crippen LogP contribution >= 0.6 is 0 Å². The molecular formula is C18H28N2O. The Morgan fingerprint density at radius 1 is 1.19 bits per heavy atom. The summed E-state index contributed by atoms with van der Waals surface area (Å²) in [6.45, 7) is 4.66. The van der Waals surface area contributed by atoms with Gasteiger partial charge in [-0.05, 0) is 42.4 Å². The van der Waals surface area contributed by atoms with Crippen LogP contribution in [0.25, 0.3) is 0 Å². The highest BCUT2D eigenvalue weighted by Gasteiger charge is 2.27. The zero-order chi connectivity index (χ0) is 15.2. The lowest BCUT2D eigenvalue weighted by Crippen LogP contribution is -2.35. The van der Waals surface area contributed by atoms with Gasteiger partial charge in [-0.15, -0.1) is 0 Å². The number of likely N-dealkylation sites (N-methyl/N-ethyl adjacent to an activating group) is 1. The van der Waals surface area contributed by atoms with Gasteiger partial charge in [0.25, 0.3) is 0 Å². The first-order valence-corrected chi connectivity index (χ1v) is 8.16. The Balaban J connectivity index is 1.97. The zero-order valence-electron chi connectivity index (χ0n) is 13.5.